The van der Waals surface area contributed by atoms with E-state index < -0.39 is 105 Å². The standard InChI is InChI=1S/C23H20ClF2N5O3S.C22H16ClF2N5O4S.C18H13Cl2F2N3O2.C18H13ClF2N3O2.C4H3BrN2O2S.3CH3.Sn/c1-11-8-27-15(20-29-22(30-35-20)23(3,4)33)7-17(11)31-12(2)5-18(19(24)21(31)32)34-10-16-14(26)6-13(25)9-28-16;1-10-7-26-14(20-28-19(29-35-20)22(32)33-3)6-16(10)30-11(2)4-17(18(23)21(30)31)34-9-15-13(25)5-12(24)8-27-15;1-9-6-24-16(19)5-14(9)25-10(2)3-15(17(20)18(25)26)27-8-13-12(22)4-11(21)7-23-13;1-10-7-22-4-3-15(10)24-11(2)5-16(17(19)18(24)25)26-9-14-13(21)6-12(20)8-23-14;1-9-3(8)2-6-4(5)10-7-2;;;;/h5-9,33H,10H2,1-4H3;4-8H,9H2,1-3H3;3-7H,8H2,1-2H3;3,5-8H,9H2,1-2H3;1H3;3*1H3;. The third kappa shape index (κ3) is 25.9. The van der Waals surface area contributed by atoms with Gasteiger partial charge in [-0.2, -0.15) is 13.1 Å². The molecule has 0 fully saturated rings. The van der Waals surface area contributed by atoms with Crippen molar-refractivity contribution in [1.82, 2.24) is 86.2 Å². The topological polar surface area (TPSA) is 378 Å². The normalized spacial score (nSPS) is 11.1. The molecule has 0 amide bonds. The van der Waals surface area contributed by atoms with Crippen LogP contribution in [0.1, 0.15) is 109 Å². The maximum absolute atomic E-state index is 13.9. The van der Waals surface area contributed by atoms with Crippen molar-refractivity contribution in [3.05, 3.63) is 325 Å². The van der Waals surface area contributed by atoms with E-state index in [4.69, 9.17) is 77.0 Å². The average Bonchev–Trinajstić information content (AvgIpc) is 1.74. The van der Waals surface area contributed by atoms with Crippen LogP contribution in [0.2, 0.25) is 40.1 Å². The van der Waals surface area contributed by atoms with Crippen molar-refractivity contribution in [1.29, 1.82) is 0 Å². The first-order valence-electron chi connectivity index (χ1n) is 39.7. The predicted octanol–water partition coefficient (Wildman–Crippen LogP) is 18.4. The van der Waals surface area contributed by atoms with E-state index in [1.165, 1.54) is 38.6 Å². The molecule has 0 aromatic carbocycles. The Morgan fingerprint density at radius 2 is 0.701 bits per heavy atom. The second-order valence-corrected chi connectivity index (χ2v) is 50.5. The van der Waals surface area contributed by atoms with Crippen LogP contribution < -0.4 is 44.9 Å². The molecule has 0 bridgehead atoms. The van der Waals surface area contributed by atoms with Gasteiger partial charge < -0.3 is 28.8 Å². The van der Waals surface area contributed by atoms with E-state index in [0.29, 0.717) is 94.5 Å². The number of hydrogen-bond donors (Lipinski definition) is 1. The summed E-state index contributed by atoms with van der Waals surface area (Å²) in [6.45, 7) is 15.9. The number of ether oxygens (including phenoxy) is 6. The van der Waals surface area contributed by atoms with E-state index in [1.54, 1.807) is 123 Å². The number of esters is 2. The third-order valence-electron chi connectivity index (χ3n) is 19.2. The molecule has 0 radical (unpaired) electrons. The molecule has 49 heteroatoms. The van der Waals surface area contributed by atoms with Gasteiger partial charge in [0.2, 0.25) is 0 Å². The van der Waals surface area contributed by atoms with Crippen molar-refractivity contribution >= 4 is 143 Å². The van der Waals surface area contributed by atoms with Crippen molar-refractivity contribution in [2.75, 3.05) is 14.2 Å². The monoisotopic (exact) mass is 2210 g/mol. The molecule has 0 aliphatic rings. The first kappa shape index (κ1) is 105. The van der Waals surface area contributed by atoms with Crippen molar-refractivity contribution in [2.45, 2.75) is 116 Å². The number of aliphatic hydroxyl groups is 1. The molecule has 0 aliphatic heterocycles. The Morgan fingerprint density at radius 3 is 1.01 bits per heavy atom. The van der Waals surface area contributed by atoms with Crippen LogP contribution in [0.15, 0.2) is 145 Å². The Hall–Kier alpha value is -12.1. The van der Waals surface area contributed by atoms with Gasteiger partial charge in [0, 0.05) is 72.1 Å². The summed E-state index contributed by atoms with van der Waals surface area (Å²) in [5.41, 5.74) is 4.43. The van der Waals surface area contributed by atoms with E-state index in [-0.39, 0.29) is 115 Å². The molecule has 15 rings (SSSR count). The summed E-state index contributed by atoms with van der Waals surface area (Å²) in [7, 11) is 2.52. The number of hydrogen-bond acceptors (Lipinski definition) is 30. The number of nitrogens with zero attached hydrogens (tertiary/aromatic N) is 18. The fourth-order valence-corrected chi connectivity index (χ4v) is 18.2. The molecule has 1 N–H and O–H groups in total. The molecule has 137 heavy (non-hydrogen) atoms. The quantitative estimate of drug-likeness (QED) is 0.0285. The Kier molecular flexibility index (Phi) is 35.0. The number of pyridine rings is 12. The van der Waals surface area contributed by atoms with Gasteiger partial charge in [-0.25, -0.2) is 60.3 Å². The number of aryl methyl sites for hydroxylation is 8. The Morgan fingerprint density at radius 1 is 0.401 bits per heavy atom. The van der Waals surface area contributed by atoms with Crippen LogP contribution in [0.4, 0.5) is 35.1 Å². The second kappa shape index (κ2) is 45.5. The van der Waals surface area contributed by atoms with Crippen molar-refractivity contribution in [3.8, 4) is 67.2 Å². The van der Waals surface area contributed by atoms with Crippen LogP contribution in [0, 0.1) is 102 Å². The molecular weight excluding hydrogens is 2140 g/mol. The number of aromatic nitrogens is 18. The van der Waals surface area contributed by atoms with E-state index in [9.17, 15) is 69.0 Å². The van der Waals surface area contributed by atoms with Gasteiger partial charge >= 0.3 is 185 Å². The first-order chi connectivity index (χ1) is 64.6. The minimum absolute atomic E-state index is 0.0229. The fourth-order valence-electron chi connectivity index (χ4n) is 12.2. The van der Waals surface area contributed by atoms with Crippen LogP contribution in [-0.4, -0.2) is 136 Å². The van der Waals surface area contributed by atoms with E-state index in [1.807, 2.05) is 13.0 Å². The van der Waals surface area contributed by atoms with Gasteiger partial charge in [-0.1, -0.05) is 46.4 Å². The molecule has 0 aliphatic carbocycles. The zero-order valence-electron chi connectivity index (χ0n) is 74.3. The number of halogens is 14. The van der Waals surface area contributed by atoms with Crippen LogP contribution in [0.3, 0.4) is 0 Å². The van der Waals surface area contributed by atoms with E-state index >= 15 is 0 Å². The largest absolute Gasteiger partial charge is 0.485 e. The van der Waals surface area contributed by atoms with E-state index in [2.05, 4.69) is 108 Å². The summed E-state index contributed by atoms with van der Waals surface area (Å²) in [5.74, 6) is -7.28. The Balaban J connectivity index is 0.000000170. The van der Waals surface area contributed by atoms with Gasteiger partial charge in [-0.05, 0) is 141 Å². The zero-order valence-corrected chi connectivity index (χ0v) is 85.0. The summed E-state index contributed by atoms with van der Waals surface area (Å²) < 4.78 is 157. The first-order valence-corrected chi connectivity index (χ1v) is 54.6. The molecular formula is C88H74BrCl5F8N18O13S3Sn. The summed E-state index contributed by atoms with van der Waals surface area (Å²) in [4.78, 5) is 125. The Bertz CT molecular complexity index is 7400. The smallest absolute Gasteiger partial charge is 0.277 e. The van der Waals surface area contributed by atoms with Gasteiger partial charge in [0.25, 0.3) is 28.3 Å². The molecule has 15 heterocycles. The summed E-state index contributed by atoms with van der Waals surface area (Å²) in [5, 5.41) is 10.5. The van der Waals surface area contributed by atoms with Gasteiger partial charge in [-0.3, -0.25) is 53.0 Å². The average molecular weight is 2220 g/mol. The molecule has 0 unspecified atom stereocenters. The molecule has 0 atom stereocenters. The SMILES string of the molecule is COC(=O)c1nsc(-c2cc(-n3c(C)cc(OCc4ncc(F)cc4F)c(Cl)c3=O)c(C)cn2)n1.COC(=O)c1nsc(Br)n1.Cc1cn[c]([Sn]([CH3])([CH3])[CH3])cc1-n1c(C)cc(OCc2ncc(F)cc2F)c(Cl)c1=O.Cc1cnc(-c2nc(C(C)(C)O)ns2)cc1-n1c(C)cc(OCc2ncc(F)cc2F)c(Cl)c1=O.Cc1cnc(Cl)cc1-n1c(C)cc(OCc2ncc(F)cc2F)c(Cl)c1=O. The predicted molar refractivity (Wildman–Crippen MR) is 503 cm³/mol. The molecule has 15 aromatic heterocycles. The molecule has 15 aromatic rings. The second-order valence-electron chi connectivity index (χ2n) is 30.8. The third-order valence-corrected chi connectivity index (χ3v) is 28.5. The fraction of sp³-hybridized carbons (Fsp3) is 0.227. The molecule has 31 nitrogen and oxygen atoms in total. The van der Waals surface area contributed by atoms with Crippen LogP contribution in [0.25, 0.3) is 44.2 Å². The van der Waals surface area contributed by atoms with Crippen molar-refractivity contribution in [2.24, 2.45) is 0 Å². The molecule has 714 valence electrons. The number of carbonyl (C=O) groups is 2. The minimum Gasteiger partial charge on any atom is -0.485 e. The number of rotatable bonds is 22. The maximum atomic E-state index is 13.9. The number of carbonyl (C=O) groups excluding carboxylic acids is 2. The maximum Gasteiger partial charge on any atom is 0.277 e. The van der Waals surface area contributed by atoms with Gasteiger partial charge in [0.1, 0.15) is 115 Å². The zero-order chi connectivity index (χ0) is 100. The minimum atomic E-state index is -2.46. The van der Waals surface area contributed by atoms with Crippen LogP contribution in [-0.2, 0) is 41.5 Å². The molecule has 0 saturated carbocycles. The van der Waals surface area contributed by atoms with Gasteiger partial charge in [-0.15, -0.1) is 0 Å². The molecule has 0 saturated heterocycles. The summed E-state index contributed by atoms with van der Waals surface area (Å²) in [6, 6.07) is 15.9. The van der Waals surface area contributed by atoms with Crippen LogP contribution in [0.5, 0.6) is 23.0 Å². The van der Waals surface area contributed by atoms with Crippen molar-refractivity contribution < 1.29 is 78.2 Å². The van der Waals surface area contributed by atoms with Crippen LogP contribution >= 0.6 is 109 Å². The summed E-state index contributed by atoms with van der Waals surface area (Å²) in [6.07, 6.45) is 9.99. The summed E-state index contributed by atoms with van der Waals surface area (Å²) >= 11 is 34.8. The number of methoxy groups -OCH3 is 2. The van der Waals surface area contributed by atoms with Gasteiger partial charge in [0.15, 0.2) is 37.2 Å². The van der Waals surface area contributed by atoms with Crippen molar-refractivity contribution in [3.63, 3.8) is 0 Å². The molecule has 0 spiro atoms. The Labute approximate surface area is 822 Å². The van der Waals surface area contributed by atoms with E-state index in [0.717, 1.165) is 86.0 Å². The van der Waals surface area contributed by atoms with Gasteiger partial charge in [0.05, 0.1) is 49.9 Å².